The van der Waals surface area contributed by atoms with E-state index in [0.29, 0.717) is 6.29 Å². The highest BCUT2D eigenvalue weighted by molar-refractivity contribution is 5.74. The van der Waals surface area contributed by atoms with E-state index in [2.05, 4.69) is 0 Å². The predicted octanol–water partition coefficient (Wildman–Crippen LogP) is 1.24. The summed E-state index contributed by atoms with van der Waals surface area (Å²) in [4.78, 5) is 21.7. The molecular weight excluding hydrogens is 196 g/mol. The Balaban J connectivity index is 4.99. The lowest BCUT2D eigenvalue weighted by Crippen LogP contribution is -2.43. The molecule has 3 atom stereocenters. The molecule has 4 nitrogen and oxygen atoms in total. The van der Waals surface area contributed by atoms with Crippen molar-refractivity contribution in [1.82, 2.24) is 0 Å². The van der Waals surface area contributed by atoms with Crippen LogP contribution >= 0.6 is 0 Å². The van der Waals surface area contributed by atoms with Gasteiger partial charge >= 0.3 is 5.97 Å². The number of hydrogen-bond acceptors (Lipinski definition) is 3. The monoisotopic (exact) mass is 214 g/mol. The van der Waals surface area contributed by atoms with Crippen LogP contribution in [0.15, 0.2) is 12.2 Å². The van der Waals surface area contributed by atoms with E-state index >= 15 is 0 Å². The highest BCUT2D eigenvalue weighted by Gasteiger charge is 2.38. The first-order chi connectivity index (χ1) is 6.92. The van der Waals surface area contributed by atoms with Gasteiger partial charge in [0.15, 0.2) is 6.29 Å². The van der Waals surface area contributed by atoms with E-state index in [1.807, 2.05) is 0 Å². The van der Waals surface area contributed by atoms with Crippen molar-refractivity contribution >= 4 is 12.3 Å². The first-order valence-electron chi connectivity index (χ1n) is 4.97. The summed E-state index contributed by atoms with van der Waals surface area (Å²) in [5.74, 6) is -2.52. The first-order valence-corrected chi connectivity index (χ1v) is 4.97. The summed E-state index contributed by atoms with van der Waals surface area (Å²) >= 11 is 0. The summed E-state index contributed by atoms with van der Waals surface area (Å²) in [6, 6.07) is 0. The van der Waals surface area contributed by atoms with Crippen LogP contribution in [0.4, 0.5) is 0 Å². The molecule has 0 saturated carbocycles. The van der Waals surface area contributed by atoms with Gasteiger partial charge in [-0.1, -0.05) is 26.0 Å². The molecular formula is C11H18O4. The van der Waals surface area contributed by atoms with Crippen molar-refractivity contribution in [2.75, 3.05) is 0 Å². The molecule has 0 aromatic rings. The van der Waals surface area contributed by atoms with Crippen LogP contribution in [0.2, 0.25) is 0 Å². The maximum absolute atomic E-state index is 10.9. The Morgan fingerprint density at radius 3 is 2.33 bits per heavy atom. The molecule has 3 unspecified atom stereocenters. The molecule has 0 spiro atoms. The largest absolute Gasteiger partial charge is 0.481 e. The number of carbonyl (C=O) groups excluding carboxylic acids is 1. The second kappa shape index (κ2) is 5.66. The lowest BCUT2D eigenvalue weighted by Gasteiger charge is -2.30. The Hall–Kier alpha value is -1.16. The van der Waals surface area contributed by atoms with Gasteiger partial charge in [0.1, 0.15) is 5.60 Å². The van der Waals surface area contributed by atoms with Crippen LogP contribution < -0.4 is 0 Å². The van der Waals surface area contributed by atoms with Crippen molar-refractivity contribution in [2.24, 2.45) is 11.8 Å². The van der Waals surface area contributed by atoms with Crippen molar-refractivity contribution in [2.45, 2.75) is 32.8 Å². The normalized spacial score (nSPS) is 19.5. The van der Waals surface area contributed by atoms with Gasteiger partial charge in [-0.15, -0.1) is 0 Å². The summed E-state index contributed by atoms with van der Waals surface area (Å²) < 4.78 is 0. The molecule has 0 aromatic carbocycles. The van der Waals surface area contributed by atoms with Crippen molar-refractivity contribution < 1.29 is 19.8 Å². The van der Waals surface area contributed by atoms with Crippen LogP contribution in [0, 0.1) is 11.8 Å². The third kappa shape index (κ3) is 3.16. The van der Waals surface area contributed by atoms with Crippen LogP contribution in [-0.4, -0.2) is 28.1 Å². The minimum atomic E-state index is -1.57. The minimum Gasteiger partial charge on any atom is -0.481 e. The zero-order valence-electron chi connectivity index (χ0n) is 9.30. The number of rotatable bonds is 6. The Bertz CT molecular complexity index is 259. The summed E-state index contributed by atoms with van der Waals surface area (Å²) in [5.41, 5.74) is -1.57. The van der Waals surface area contributed by atoms with Crippen molar-refractivity contribution in [3.8, 4) is 0 Å². The third-order valence-corrected chi connectivity index (χ3v) is 2.78. The zero-order chi connectivity index (χ0) is 12.1. The van der Waals surface area contributed by atoms with Gasteiger partial charge in [0, 0.05) is 5.92 Å². The molecule has 2 N–H and O–H groups in total. The van der Waals surface area contributed by atoms with Gasteiger partial charge in [0.2, 0.25) is 0 Å². The number of allylic oxidation sites excluding steroid dienone is 1. The summed E-state index contributed by atoms with van der Waals surface area (Å²) in [6.45, 7) is 4.92. The van der Waals surface area contributed by atoms with Crippen LogP contribution in [0.5, 0.6) is 0 Å². The molecule has 0 aliphatic carbocycles. The molecule has 0 aliphatic rings. The SMILES string of the molecule is CC=CC(C(=O)O)C(C)C(O)(C=O)CC. The molecule has 0 aromatic heterocycles. The fourth-order valence-corrected chi connectivity index (χ4v) is 1.49. The molecule has 4 heteroatoms. The number of carboxylic acid groups (broad SMARTS) is 1. The average Bonchev–Trinajstić information content (AvgIpc) is 2.23. The maximum atomic E-state index is 10.9. The highest BCUT2D eigenvalue weighted by Crippen LogP contribution is 2.27. The summed E-state index contributed by atoms with van der Waals surface area (Å²) in [5, 5.41) is 18.8. The fourth-order valence-electron chi connectivity index (χ4n) is 1.49. The van der Waals surface area contributed by atoms with Crippen LogP contribution in [-0.2, 0) is 9.59 Å². The molecule has 86 valence electrons. The number of aliphatic hydroxyl groups is 1. The molecule has 0 saturated heterocycles. The molecule has 0 heterocycles. The van der Waals surface area contributed by atoms with Crippen LogP contribution in [0.3, 0.4) is 0 Å². The molecule has 0 fully saturated rings. The number of hydrogen-bond donors (Lipinski definition) is 2. The Labute approximate surface area is 89.6 Å². The Morgan fingerprint density at radius 2 is 2.07 bits per heavy atom. The van der Waals surface area contributed by atoms with E-state index < -0.39 is 23.4 Å². The van der Waals surface area contributed by atoms with E-state index in [9.17, 15) is 14.7 Å². The molecule has 0 bridgehead atoms. The van der Waals surface area contributed by atoms with E-state index in [1.54, 1.807) is 26.8 Å². The predicted molar refractivity (Wildman–Crippen MR) is 56.4 cm³/mol. The molecule has 0 amide bonds. The van der Waals surface area contributed by atoms with Crippen LogP contribution in [0.1, 0.15) is 27.2 Å². The topological polar surface area (TPSA) is 74.6 Å². The quantitative estimate of drug-likeness (QED) is 0.515. The second-order valence-electron chi connectivity index (χ2n) is 3.64. The molecule has 0 aliphatic heterocycles. The minimum absolute atomic E-state index is 0.207. The number of carbonyl (C=O) groups is 2. The summed E-state index contributed by atoms with van der Waals surface area (Å²) in [6.07, 6.45) is 3.73. The number of aldehydes is 1. The molecule has 0 radical (unpaired) electrons. The van der Waals surface area contributed by atoms with Crippen LogP contribution in [0.25, 0.3) is 0 Å². The lowest BCUT2D eigenvalue weighted by atomic mass is 9.78. The van der Waals surface area contributed by atoms with E-state index in [-0.39, 0.29) is 6.42 Å². The van der Waals surface area contributed by atoms with Gasteiger partial charge in [-0.25, -0.2) is 0 Å². The van der Waals surface area contributed by atoms with E-state index in [4.69, 9.17) is 5.11 Å². The van der Waals surface area contributed by atoms with Gasteiger partial charge < -0.3 is 15.0 Å². The number of carboxylic acids is 1. The van der Waals surface area contributed by atoms with E-state index in [1.165, 1.54) is 6.08 Å². The second-order valence-corrected chi connectivity index (χ2v) is 3.64. The fraction of sp³-hybridized carbons (Fsp3) is 0.636. The van der Waals surface area contributed by atoms with Gasteiger partial charge in [-0.05, 0) is 13.3 Å². The van der Waals surface area contributed by atoms with Gasteiger partial charge in [0.05, 0.1) is 5.92 Å². The van der Waals surface area contributed by atoms with Gasteiger partial charge in [0.25, 0.3) is 0 Å². The Morgan fingerprint density at radius 1 is 1.53 bits per heavy atom. The Kier molecular flexibility index (Phi) is 5.22. The smallest absolute Gasteiger partial charge is 0.310 e. The summed E-state index contributed by atoms with van der Waals surface area (Å²) in [7, 11) is 0. The molecule has 0 rings (SSSR count). The standard InChI is InChI=1S/C11H18O4/c1-4-6-9(10(13)14)8(3)11(15,5-2)7-12/h4,6-9,15H,5H2,1-3H3,(H,13,14). The third-order valence-electron chi connectivity index (χ3n) is 2.78. The van der Waals surface area contributed by atoms with Gasteiger partial charge in [-0.2, -0.15) is 0 Å². The first kappa shape index (κ1) is 13.8. The maximum Gasteiger partial charge on any atom is 0.310 e. The average molecular weight is 214 g/mol. The van der Waals surface area contributed by atoms with Crippen molar-refractivity contribution in [1.29, 1.82) is 0 Å². The van der Waals surface area contributed by atoms with E-state index in [0.717, 1.165) is 0 Å². The zero-order valence-corrected chi connectivity index (χ0v) is 9.30. The molecule has 15 heavy (non-hydrogen) atoms. The van der Waals surface area contributed by atoms with Gasteiger partial charge in [-0.3, -0.25) is 4.79 Å². The lowest BCUT2D eigenvalue weighted by molar-refractivity contribution is -0.147. The highest BCUT2D eigenvalue weighted by atomic mass is 16.4. The van der Waals surface area contributed by atoms with Crippen molar-refractivity contribution in [3.63, 3.8) is 0 Å². The number of aliphatic carboxylic acids is 1. The van der Waals surface area contributed by atoms with Crippen molar-refractivity contribution in [3.05, 3.63) is 12.2 Å².